The fraction of sp³-hybridized carbons (Fsp3) is 0.455. The van der Waals surface area contributed by atoms with Crippen LogP contribution in [-0.4, -0.2) is 13.7 Å². The normalized spacial score (nSPS) is 17.8. The zero-order valence-corrected chi connectivity index (χ0v) is 8.35. The topological polar surface area (TPSA) is 21.3 Å². The van der Waals surface area contributed by atoms with Crippen molar-refractivity contribution >= 4 is 5.69 Å². The van der Waals surface area contributed by atoms with E-state index in [1.54, 1.807) is 7.11 Å². The first-order valence-corrected chi connectivity index (χ1v) is 4.56. The molecule has 0 aliphatic carbocycles. The van der Waals surface area contributed by atoms with E-state index in [1.165, 1.54) is 11.3 Å². The van der Waals surface area contributed by atoms with Gasteiger partial charge >= 0.3 is 0 Å². The van der Waals surface area contributed by atoms with Crippen LogP contribution in [0.3, 0.4) is 0 Å². The minimum absolute atomic E-state index is 0.182. The van der Waals surface area contributed by atoms with Gasteiger partial charge in [-0.2, -0.15) is 0 Å². The molecule has 1 heterocycles. The second kappa shape index (κ2) is 2.66. The van der Waals surface area contributed by atoms with Crippen LogP contribution in [0, 0.1) is 0 Å². The predicted octanol–water partition coefficient (Wildman–Crippen LogP) is 2.40. The lowest BCUT2D eigenvalue weighted by Crippen LogP contribution is -2.19. The SMILES string of the molecule is COc1cccc2c1C(C)(C)CN2. The summed E-state index contributed by atoms with van der Waals surface area (Å²) in [4.78, 5) is 0. The highest BCUT2D eigenvalue weighted by Crippen LogP contribution is 2.41. The Labute approximate surface area is 78.9 Å². The number of hydrogen-bond acceptors (Lipinski definition) is 2. The highest BCUT2D eigenvalue weighted by atomic mass is 16.5. The number of anilines is 1. The maximum absolute atomic E-state index is 5.35. The molecule has 70 valence electrons. The fourth-order valence-electron chi connectivity index (χ4n) is 1.95. The van der Waals surface area contributed by atoms with Gasteiger partial charge in [0.05, 0.1) is 7.11 Å². The standard InChI is InChI=1S/C11H15NO/c1-11(2)7-12-8-5-4-6-9(13-3)10(8)11/h4-6,12H,7H2,1-3H3. The summed E-state index contributed by atoms with van der Waals surface area (Å²) in [5.74, 6) is 0.993. The summed E-state index contributed by atoms with van der Waals surface area (Å²) in [6, 6.07) is 6.15. The predicted molar refractivity (Wildman–Crippen MR) is 54.5 cm³/mol. The number of nitrogens with one attached hydrogen (secondary N) is 1. The minimum Gasteiger partial charge on any atom is -0.496 e. The molecule has 0 bridgehead atoms. The molecule has 0 amide bonds. The molecule has 0 fully saturated rings. The van der Waals surface area contributed by atoms with E-state index in [-0.39, 0.29) is 5.41 Å². The zero-order valence-electron chi connectivity index (χ0n) is 8.35. The molecule has 13 heavy (non-hydrogen) atoms. The molecule has 1 aromatic rings. The third-order valence-electron chi connectivity index (χ3n) is 2.64. The number of benzene rings is 1. The number of fused-ring (bicyclic) bond motifs is 1. The van der Waals surface area contributed by atoms with Gasteiger partial charge in [0.1, 0.15) is 5.75 Å². The summed E-state index contributed by atoms with van der Waals surface area (Å²) < 4.78 is 5.35. The number of rotatable bonds is 1. The van der Waals surface area contributed by atoms with E-state index in [1.807, 2.05) is 12.1 Å². The van der Waals surface area contributed by atoms with E-state index < -0.39 is 0 Å². The molecule has 0 radical (unpaired) electrons. The summed E-state index contributed by atoms with van der Waals surface area (Å²) in [6.07, 6.45) is 0. The molecule has 0 saturated heterocycles. The molecule has 1 aliphatic heterocycles. The Kier molecular flexibility index (Phi) is 1.72. The van der Waals surface area contributed by atoms with Crippen molar-refractivity contribution in [1.29, 1.82) is 0 Å². The largest absolute Gasteiger partial charge is 0.496 e. The first kappa shape index (κ1) is 8.42. The molecule has 1 N–H and O–H groups in total. The number of hydrogen-bond donors (Lipinski definition) is 1. The van der Waals surface area contributed by atoms with E-state index >= 15 is 0 Å². The highest BCUT2D eigenvalue weighted by molar-refractivity contribution is 5.65. The summed E-state index contributed by atoms with van der Waals surface area (Å²) in [6.45, 7) is 5.45. The molecule has 2 heteroatoms. The van der Waals surface area contributed by atoms with Crippen LogP contribution in [0.4, 0.5) is 5.69 Å². The monoisotopic (exact) mass is 177 g/mol. The van der Waals surface area contributed by atoms with Crippen LogP contribution in [0.5, 0.6) is 5.75 Å². The molecular formula is C11H15NO. The van der Waals surface area contributed by atoms with Crippen LogP contribution in [-0.2, 0) is 5.41 Å². The number of ether oxygens (including phenoxy) is 1. The average Bonchev–Trinajstić information content (AvgIpc) is 2.43. The van der Waals surface area contributed by atoms with E-state index in [0.717, 1.165) is 12.3 Å². The van der Waals surface area contributed by atoms with Crippen molar-refractivity contribution in [3.05, 3.63) is 23.8 Å². The molecule has 2 nitrogen and oxygen atoms in total. The van der Waals surface area contributed by atoms with Crippen LogP contribution >= 0.6 is 0 Å². The molecule has 0 atom stereocenters. The first-order valence-electron chi connectivity index (χ1n) is 4.56. The first-order chi connectivity index (χ1) is 6.15. The second-order valence-electron chi connectivity index (χ2n) is 4.12. The minimum atomic E-state index is 0.182. The third-order valence-corrected chi connectivity index (χ3v) is 2.64. The lowest BCUT2D eigenvalue weighted by atomic mass is 9.86. The van der Waals surface area contributed by atoms with Gasteiger partial charge in [-0.1, -0.05) is 19.9 Å². The molecule has 2 rings (SSSR count). The molecule has 0 spiro atoms. The molecule has 0 unspecified atom stereocenters. The van der Waals surface area contributed by atoms with Crippen LogP contribution in [0.25, 0.3) is 0 Å². The van der Waals surface area contributed by atoms with E-state index in [9.17, 15) is 0 Å². The van der Waals surface area contributed by atoms with Crippen molar-refractivity contribution in [2.45, 2.75) is 19.3 Å². The van der Waals surface area contributed by atoms with Gasteiger partial charge in [-0.15, -0.1) is 0 Å². The summed E-state index contributed by atoms with van der Waals surface area (Å²) in [7, 11) is 1.73. The smallest absolute Gasteiger partial charge is 0.124 e. The third kappa shape index (κ3) is 1.17. The second-order valence-corrected chi connectivity index (χ2v) is 4.12. The molecule has 0 saturated carbocycles. The summed E-state index contributed by atoms with van der Waals surface area (Å²) in [5.41, 5.74) is 2.70. The van der Waals surface area contributed by atoms with Crippen molar-refractivity contribution < 1.29 is 4.74 Å². The van der Waals surface area contributed by atoms with Gasteiger partial charge < -0.3 is 10.1 Å². The van der Waals surface area contributed by atoms with Crippen LogP contribution < -0.4 is 10.1 Å². The Morgan fingerprint density at radius 3 is 2.85 bits per heavy atom. The lowest BCUT2D eigenvalue weighted by Gasteiger charge is -2.19. The maximum Gasteiger partial charge on any atom is 0.124 e. The van der Waals surface area contributed by atoms with Gasteiger partial charge in [0, 0.05) is 23.2 Å². The maximum atomic E-state index is 5.35. The Bertz CT molecular complexity index is 331. The van der Waals surface area contributed by atoms with Gasteiger partial charge in [0.25, 0.3) is 0 Å². The average molecular weight is 177 g/mol. The van der Waals surface area contributed by atoms with Gasteiger partial charge in [-0.05, 0) is 12.1 Å². The van der Waals surface area contributed by atoms with Gasteiger partial charge in [-0.3, -0.25) is 0 Å². The van der Waals surface area contributed by atoms with Crippen molar-refractivity contribution in [2.24, 2.45) is 0 Å². The Morgan fingerprint density at radius 1 is 1.38 bits per heavy atom. The lowest BCUT2D eigenvalue weighted by molar-refractivity contribution is 0.400. The Hall–Kier alpha value is -1.18. The number of methoxy groups -OCH3 is 1. The van der Waals surface area contributed by atoms with Gasteiger partial charge in [-0.25, -0.2) is 0 Å². The Morgan fingerprint density at radius 2 is 2.15 bits per heavy atom. The highest BCUT2D eigenvalue weighted by Gasteiger charge is 2.32. The quantitative estimate of drug-likeness (QED) is 0.711. The summed E-state index contributed by atoms with van der Waals surface area (Å²) in [5, 5.41) is 3.39. The van der Waals surface area contributed by atoms with Crippen molar-refractivity contribution in [1.82, 2.24) is 0 Å². The van der Waals surface area contributed by atoms with Gasteiger partial charge in [0.15, 0.2) is 0 Å². The summed E-state index contributed by atoms with van der Waals surface area (Å²) >= 11 is 0. The van der Waals surface area contributed by atoms with Crippen LogP contribution in [0.2, 0.25) is 0 Å². The molecule has 1 aliphatic rings. The molecule has 1 aromatic carbocycles. The van der Waals surface area contributed by atoms with Crippen LogP contribution in [0.1, 0.15) is 19.4 Å². The van der Waals surface area contributed by atoms with Crippen molar-refractivity contribution in [3.8, 4) is 5.75 Å². The van der Waals surface area contributed by atoms with E-state index in [4.69, 9.17) is 4.74 Å². The van der Waals surface area contributed by atoms with Crippen molar-refractivity contribution in [2.75, 3.05) is 19.0 Å². The molecule has 0 aromatic heterocycles. The van der Waals surface area contributed by atoms with E-state index in [2.05, 4.69) is 25.2 Å². The van der Waals surface area contributed by atoms with Crippen molar-refractivity contribution in [3.63, 3.8) is 0 Å². The zero-order chi connectivity index (χ0) is 9.47. The fourth-order valence-corrected chi connectivity index (χ4v) is 1.95. The Balaban J connectivity index is 2.60. The van der Waals surface area contributed by atoms with Gasteiger partial charge in [0.2, 0.25) is 0 Å². The molecular weight excluding hydrogens is 162 g/mol. The van der Waals surface area contributed by atoms with Crippen LogP contribution in [0.15, 0.2) is 18.2 Å². The van der Waals surface area contributed by atoms with E-state index in [0.29, 0.717) is 0 Å².